The smallest absolute Gasteiger partial charge is 0.119 e. The Labute approximate surface area is 109 Å². The van der Waals surface area contributed by atoms with E-state index in [0.717, 1.165) is 18.6 Å². The quantitative estimate of drug-likeness (QED) is 0.814. The molecule has 0 spiro atoms. The largest absolute Gasteiger partial charge is 0.494 e. The zero-order chi connectivity index (χ0) is 13.0. The van der Waals surface area contributed by atoms with Gasteiger partial charge in [-0.25, -0.2) is 0 Å². The molecule has 0 bridgehead atoms. The van der Waals surface area contributed by atoms with E-state index < -0.39 is 0 Å². The molecule has 1 aliphatic carbocycles. The van der Waals surface area contributed by atoms with Gasteiger partial charge in [-0.05, 0) is 44.5 Å². The average Bonchev–Trinajstić information content (AvgIpc) is 2.35. The molecular weight excluding hydrogens is 226 g/mol. The molecule has 0 heterocycles. The lowest BCUT2D eigenvalue weighted by Gasteiger charge is -2.46. The maximum absolute atomic E-state index is 9.67. The lowest BCUT2D eigenvalue weighted by molar-refractivity contribution is 0.00782. The third kappa shape index (κ3) is 2.38. The van der Waals surface area contributed by atoms with Crippen LogP contribution in [0, 0.1) is 5.41 Å². The van der Waals surface area contributed by atoms with Crippen molar-refractivity contribution in [3.8, 4) is 5.75 Å². The molecule has 0 saturated heterocycles. The number of nitrogens with one attached hydrogen (secondary N) is 1. The highest BCUT2D eigenvalue weighted by Gasteiger charge is 2.43. The second-order valence-corrected chi connectivity index (χ2v) is 5.10. The zero-order valence-corrected chi connectivity index (χ0v) is 11.3. The summed E-state index contributed by atoms with van der Waals surface area (Å²) >= 11 is 0. The standard InChI is InChI=1S/C15H23NO2/c1-3-18-13-7-5-12(6-8-13)14(16-2)15(11-17)9-4-10-15/h5-8,14,16-17H,3-4,9-11H2,1-2H3. The molecule has 1 aromatic rings. The Balaban J connectivity index is 2.17. The second-order valence-electron chi connectivity index (χ2n) is 5.10. The highest BCUT2D eigenvalue weighted by Crippen LogP contribution is 2.49. The summed E-state index contributed by atoms with van der Waals surface area (Å²) in [5.41, 5.74) is 1.26. The predicted octanol–water partition coefficient (Wildman–Crippen LogP) is 2.51. The maximum Gasteiger partial charge on any atom is 0.119 e. The van der Waals surface area contributed by atoms with Gasteiger partial charge in [0, 0.05) is 11.5 Å². The molecule has 0 radical (unpaired) electrons. The lowest BCUT2D eigenvalue weighted by Crippen LogP contribution is -2.44. The van der Waals surface area contributed by atoms with E-state index in [1.165, 1.54) is 12.0 Å². The van der Waals surface area contributed by atoms with Crippen LogP contribution in [-0.4, -0.2) is 25.4 Å². The number of benzene rings is 1. The van der Waals surface area contributed by atoms with Gasteiger partial charge in [-0.2, -0.15) is 0 Å². The van der Waals surface area contributed by atoms with Crippen molar-refractivity contribution in [2.24, 2.45) is 5.41 Å². The SMILES string of the molecule is CCOc1ccc(C(NC)C2(CO)CCC2)cc1. The maximum atomic E-state index is 9.67. The van der Waals surface area contributed by atoms with Gasteiger partial charge >= 0.3 is 0 Å². The van der Waals surface area contributed by atoms with E-state index in [-0.39, 0.29) is 18.1 Å². The monoisotopic (exact) mass is 249 g/mol. The van der Waals surface area contributed by atoms with Gasteiger partial charge in [0.1, 0.15) is 5.75 Å². The van der Waals surface area contributed by atoms with E-state index in [1.807, 2.05) is 26.1 Å². The van der Waals surface area contributed by atoms with Crippen molar-refractivity contribution >= 4 is 0 Å². The van der Waals surface area contributed by atoms with Crippen LogP contribution < -0.4 is 10.1 Å². The fourth-order valence-corrected chi connectivity index (χ4v) is 2.92. The summed E-state index contributed by atoms with van der Waals surface area (Å²) in [5, 5.41) is 13.0. The Bertz CT molecular complexity index is 365. The Hall–Kier alpha value is -1.06. The zero-order valence-electron chi connectivity index (χ0n) is 11.3. The van der Waals surface area contributed by atoms with Crippen molar-refractivity contribution in [3.05, 3.63) is 29.8 Å². The molecule has 100 valence electrons. The van der Waals surface area contributed by atoms with Crippen LogP contribution >= 0.6 is 0 Å². The van der Waals surface area contributed by atoms with Crippen LogP contribution in [0.2, 0.25) is 0 Å². The number of aliphatic hydroxyl groups excluding tert-OH is 1. The van der Waals surface area contributed by atoms with Crippen LogP contribution in [0.25, 0.3) is 0 Å². The molecule has 1 aliphatic rings. The molecule has 0 aliphatic heterocycles. The summed E-state index contributed by atoms with van der Waals surface area (Å²) in [5.74, 6) is 0.905. The fraction of sp³-hybridized carbons (Fsp3) is 0.600. The molecule has 3 heteroatoms. The molecule has 3 nitrogen and oxygen atoms in total. The highest BCUT2D eigenvalue weighted by atomic mass is 16.5. The van der Waals surface area contributed by atoms with Gasteiger partial charge in [0.15, 0.2) is 0 Å². The molecule has 1 unspecified atom stereocenters. The first-order valence-electron chi connectivity index (χ1n) is 6.76. The molecule has 2 N–H and O–H groups in total. The van der Waals surface area contributed by atoms with Crippen molar-refractivity contribution in [3.63, 3.8) is 0 Å². The summed E-state index contributed by atoms with van der Waals surface area (Å²) in [6.45, 7) is 2.93. The van der Waals surface area contributed by atoms with Crippen LogP contribution in [0.1, 0.15) is 37.8 Å². The van der Waals surface area contributed by atoms with E-state index >= 15 is 0 Å². The Morgan fingerprint density at radius 2 is 2.00 bits per heavy atom. The van der Waals surface area contributed by atoms with Crippen molar-refractivity contribution in [1.82, 2.24) is 5.32 Å². The molecule has 0 aromatic heterocycles. The number of hydrogen-bond acceptors (Lipinski definition) is 3. The van der Waals surface area contributed by atoms with Crippen molar-refractivity contribution in [1.29, 1.82) is 0 Å². The summed E-state index contributed by atoms with van der Waals surface area (Å²) in [6, 6.07) is 8.44. The molecule has 1 atom stereocenters. The Kier molecular flexibility index (Phi) is 4.25. The van der Waals surface area contributed by atoms with Gasteiger partial charge < -0.3 is 15.2 Å². The van der Waals surface area contributed by atoms with E-state index in [9.17, 15) is 5.11 Å². The predicted molar refractivity (Wildman–Crippen MR) is 72.8 cm³/mol. The molecule has 1 saturated carbocycles. The van der Waals surface area contributed by atoms with Gasteiger partial charge in [0.25, 0.3) is 0 Å². The summed E-state index contributed by atoms with van der Waals surface area (Å²) in [7, 11) is 1.97. The Morgan fingerprint density at radius 3 is 2.39 bits per heavy atom. The van der Waals surface area contributed by atoms with Crippen molar-refractivity contribution < 1.29 is 9.84 Å². The highest BCUT2D eigenvalue weighted by molar-refractivity contribution is 5.30. The fourth-order valence-electron chi connectivity index (χ4n) is 2.92. The lowest BCUT2D eigenvalue weighted by atomic mass is 9.63. The van der Waals surface area contributed by atoms with E-state index in [2.05, 4.69) is 17.4 Å². The number of rotatable bonds is 6. The van der Waals surface area contributed by atoms with Gasteiger partial charge in [0.05, 0.1) is 13.2 Å². The minimum Gasteiger partial charge on any atom is -0.494 e. The minimum atomic E-state index is 0.0296. The molecule has 1 fully saturated rings. The van der Waals surface area contributed by atoms with Crippen LogP contribution in [0.15, 0.2) is 24.3 Å². The van der Waals surface area contributed by atoms with E-state index in [0.29, 0.717) is 6.61 Å². The van der Waals surface area contributed by atoms with E-state index in [1.54, 1.807) is 0 Å². The van der Waals surface area contributed by atoms with Gasteiger partial charge in [0.2, 0.25) is 0 Å². The Morgan fingerprint density at radius 1 is 1.33 bits per heavy atom. The summed E-state index contributed by atoms with van der Waals surface area (Å²) < 4.78 is 5.46. The molecule has 0 amide bonds. The van der Waals surface area contributed by atoms with Crippen LogP contribution in [0.5, 0.6) is 5.75 Å². The average molecular weight is 249 g/mol. The molecule has 2 rings (SSSR count). The first-order valence-corrected chi connectivity index (χ1v) is 6.76. The van der Waals surface area contributed by atoms with Crippen LogP contribution in [0.4, 0.5) is 0 Å². The van der Waals surface area contributed by atoms with Gasteiger partial charge in [-0.15, -0.1) is 0 Å². The normalized spacial score (nSPS) is 19.1. The summed E-state index contributed by atoms with van der Waals surface area (Å²) in [6.07, 6.45) is 3.42. The first kappa shape index (κ1) is 13.4. The molecule has 18 heavy (non-hydrogen) atoms. The summed E-state index contributed by atoms with van der Waals surface area (Å²) in [4.78, 5) is 0. The van der Waals surface area contributed by atoms with Crippen LogP contribution in [-0.2, 0) is 0 Å². The third-order valence-corrected chi connectivity index (χ3v) is 4.09. The number of aliphatic hydroxyl groups is 1. The van der Waals surface area contributed by atoms with Crippen molar-refractivity contribution in [2.45, 2.75) is 32.2 Å². The van der Waals surface area contributed by atoms with Gasteiger partial charge in [-0.1, -0.05) is 18.6 Å². The minimum absolute atomic E-state index is 0.0296. The first-order chi connectivity index (χ1) is 8.75. The van der Waals surface area contributed by atoms with E-state index in [4.69, 9.17) is 4.74 Å². The molecule has 1 aromatic carbocycles. The van der Waals surface area contributed by atoms with Gasteiger partial charge in [-0.3, -0.25) is 0 Å². The van der Waals surface area contributed by atoms with Crippen molar-refractivity contribution in [2.75, 3.05) is 20.3 Å². The molecular formula is C15H23NO2. The topological polar surface area (TPSA) is 41.5 Å². The second kappa shape index (κ2) is 5.72. The number of ether oxygens (including phenoxy) is 1. The van der Waals surface area contributed by atoms with Crippen LogP contribution in [0.3, 0.4) is 0 Å². The third-order valence-electron chi connectivity index (χ3n) is 4.09. The number of hydrogen-bond donors (Lipinski definition) is 2.